The van der Waals surface area contributed by atoms with Gasteiger partial charge >= 0.3 is 0 Å². The van der Waals surface area contributed by atoms with Gasteiger partial charge in [0, 0.05) is 31.2 Å². The fourth-order valence-electron chi connectivity index (χ4n) is 5.04. The molecule has 0 bridgehead atoms. The summed E-state index contributed by atoms with van der Waals surface area (Å²) >= 11 is 0. The monoisotopic (exact) mass is 516 g/mol. The van der Waals surface area contributed by atoms with Crippen LogP contribution < -0.4 is 20.5 Å². The third-order valence-electron chi connectivity index (χ3n) is 6.92. The number of hydrogen-bond donors (Lipinski definition) is 2. The van der Waals surface area contributed by atoms with Crippen molar-refractivity contribution < 1.29 is 4.74 Å². The molecule has 0 fully saturated rings. The number of anilines is 2. The smallest absolute Gasteiger partial charge is 0.267 e. The molecule has 0 amide bonds. The van der Waals surface area contributed by atoms with E-state index >= 15 is 0 Å². The van der Waals surface area contributed by atoms with Crippen LogP contribution in [0, 0.1) is 0 Å². The molecule has 1 atom stereocenters. The number of fused-ring (bicyclic) bond motifs is 4. The van der Waals surface area contributed by atoms with Gasteiger partial charge < -0.3 is 15.0 Å². The number of likely N-dealkylation sites (N-methyl/N-ethyl adjacent to an activating group) is 1. The minimum absolute atomic E-state index is 0.103. The number of H-pyrrole nitrogens is 1. The Morgan fingerprint density at radius 1 is 1.05 bits per heavy atom. The Hall–Kier alpha value is -5.25. The summed E-state index contributed by atoms with van der Waals surface area (Å²) in [5, 5.41) is 11.6. The van der Waals surface area contributed by atoms with E-state index in [0.717, 1.165) is 29.2 Å². The van der Waals surface area contributed by atoms with Crippen molar-refractivity contribution in [3.8, 4) is 22.7 Å². The number of nitrogens with one attached hydrogen (secondary N) is 2. The molecule has 39 heavy (non-hydrogen) atoms. The number of ether oxygens (including phenoxy) is 1. The van der Waals surface area contributed by atoms with Crippen molar-refractivity contribution in [3.63, 3.8) is 0 Å². The molecule has 6 aromatic rings. The van der Waals surface area contributed by atoms with Crippen molar-refractivity contribution in [1.29, 1.82) is 0 Å². The van der Waals surface area contributed by atoms with E-state index in [1.54, 1.807) is 29.2 Å². The standard InChI is InChI=1S/C29H24N8O2/c1-36-17-20(39-25-10-6-5-9-24(25)36)14-31-29-32-15-21-26-22(16-33-35-26)28(38)37(27(21)34-29)19-11-12-30-23(13-19)18-7-3-2-4-8-18/h2-13,15-16,20H,14,17H2,1H3,(H,33,35)(H,31,32,34). The Morgan fingerprint density at radius 2 is 1.90 bits per heavy atom. The van der Waals surface area contributed by atoms with Crippen molar-refractivity contribution in [1.82, 2.24) is 29.7 Å². The molecular weight excluding hydrogens is 492 g/mol. The van der Waals surface area contributed by atoms with Crippen LogP contribution in [0.15, 0.2) is 90.1 Å². The summed E-state index contributed by atoms with van der Waals surface area (Å²) < 4.78 is 7.78. The van der Waals surface area contributed by atoms with Crippen molar-refractivity contribution in [2.45, 2.75) is 6.10 Å². The normalized spacial score (nSPS) is 14.8. The van der Waals surface area contributed by atoms with Crippen LogP contribution in [0.1, 0.15) is 0 Å². The summed E-state index contributed by atoms with van der Waals surface area (Å²) in [6, 6.07) is 21.5. The van der Waals surface area contributed by atoms with Gasteiger partial charge in [-0.05, 0) is 24.3 Å². The van der Waals surface area contributed by atoms with E-state index in [1.165, 1.54) is 0 Å². The highest BCUT2D eigenvalue weighted by Crippen LogP contribution is 2.32. The Bertz CT molecular complexity index is 1880. The van der Waals surface area contributed by atoms with E-state index in [-0.39, 0.29) is 11.7 Å². The van der Waals surface area contributed by atoms with E-state index in [1.807, 2.05) is 67.7 Å². The number of benzene rings is 2. The van der Waals surface area contributed by atoms with Crippen LogP contribution in [0.2, 0.25) is 0 Å². The molecule has 7 rings (SSSR count). The highest BCUT2D eigenvalue weighted by molar-refractivity contribution is 6.02. The Kier molecular flexibility index (Phi) is 5.43. The van der Waals surface area contributed by atoms with Gasteiger partial charge in [0.05, 0.1) is 40.9 Å². The summed E-state index contributed by atoms with van der Waals surface area (Å²) in [6.45, 7) is 1.21. The summed E-state index contributed by atoms with van der Waals surface area (Å²) in [4.78, 5) is 29.7. The number of aromatic nitrogens is 6. The highest BCUT2D eigenvalue weighted by Gasteiger charge is 2.23. The molecule has 4 aromatic heterocycles. The van der Waals surface area contributed by atoms with Crippen molar-refractivity contribution in [2.24, 2.45) is 0 Å². The molecule has 10 heteroatoms. The molecule has 2 aromatic carbocycles. The quantitative estimate of drug-likeness (QED) is 0.353. The first-order valence-corrected chi connectivity index (χ1v) is 12.6. The van der Waals surface area contributed by atoms with E-state index < -0.39 is 0 Å². The van der Waals surface area contributed by atoms with E-state index in [9.17, 15) is 4.79 Å². The fraction of sp³-hybridized carbons (Fsp3) is 0.138. The molecule has 0 saturated carbocycles. The molecule has 192 valence electrons. The number of nitrogens with zero attached hydrogens (tertiary/aromatic N) is 6. The highest BCUT2D eigenvalue weighted by atomic mass is 16.5. The predicted molar refractivity (Wildman–Crippen MR) is 151 cm³/mol. The number of aromatic amines is 1. The SMILES string of the molecule is CN1CC(CNc2ncc3c4n[nH]cc4c(=O)n(-c4ccnc(-c5ccccc5)c4)c3n2)Oc2ccccc21. The van der Waals surface area contributed by atoms with E-state index in [0.29, 0.717) is 40.1 Å². The lowest BCUT2D eigenvalue weighted by molar-refractivity contribution is 0.208. The largest absolute Gasteiger partial charge is 0.485 e. The average molecular weight is 517 g/mol. The van der Waals surface area contributed by atoms with Crippen LogP contribution in [0.3, 0.4) is 0 Å². The molecule has 1 aliphatic rings. The molecule has 1 aliphatic heterocycles. The summed E-state index contributed by atoms with van der Waals surface area (Å²) in [5.41, 5.74) is 4.19. The minimum Gasteiger partial charge on any atom is -0.485 e. The van der Waals surface area contributed by atoms with Gasteiger partial charge in [-0.25, -0.2) is 4.98 Å². The first-order chi connectivity index (χ1) is 19.2. The van der Waals surface area contributed by atoms with Gasteiger partial charge in [0.1, 0.15) is 17.4 Å². The van der Waals surface area contributed by atoms with Crippen LogP contribution in [0.5, 0.6) is 5.75 Å². The lowest BCUT2D eigenvalue weighted by Gasteiger charge is -2.33. The second-order valence-corrected chi connectivity index (χ2v) is 9.45. The lowest BCUT2D eigenvalue weighted by Crippen LogP contribution is -2.41. The van der Waals surface area contributed by atoms with Crippen LogP contribution >= 0.6 is 0 Å². The third kappa shape index (κ3) is 4.02. The number of rotatable bonds is 5. The van der Waals surface area contributed by atoms with Gasteiger partial charge in [-0.1, -0.05) is 42.5 Å². The predicted octanol–water partition coefficient (Wildman–Crippen LogP) is 4.03. The topological polar surface area (TPSA) is 114 Å². The zero-order chi connectivity index (χ0) is 26.3. The molecule has 10 nitrogen and oxygen atoms in total. The minimum atomic E-state index is -0.227. The lowest BCUT2D eigenvalue weighted by atomic mass is 10.1. The summed E-state index contributed by atoms with van der Waals surface area (Å²) in [7, 11) is 2.05. The molecule has 5 heterocycles. The van der Waals surface area contributed by atoms with Gasteiger partial charge in [-0.15, -0.1) is 0 Å². The van der Waals surface area contributed by atoms with E-state index in [4.69, 9.17) is 9.72 Å². The zero-order valence-corrected chi connectivity index (χ0v) is 21.1. The zero-order valence-electron chi connectivity index (χ0n) is 21.1. The Balaban J connectivity index is 1.28. The first-order valence-electron chi connectivity index (χ1n) is 12.6. The van der Waals surface area contributed by atoms with Crippen LogP contribution in [-0.2, 0) is 0 Å². The molecule has 1 unspecified atom stereocenters. The van der Waals surface area contributed by atoms with Gasteiger partial charge in [0.25, 0.3) is 5.56 Å². The van der Waals surface area contributed by atoms with Gasteiger partial charge in [-0.3, -0.25) is 19.4 Å². The number of para-hydroxylation sites is 2. The maximum atomic E-state index is 13.7. The maximum Gasteiger partial charge on any atom is 0.267 e. The summed E-state index contributed by atoms with van der Waals surface area (Å²) in [5.74, 6) is 1.24. The molecule has 0 radical (unpaired) electrons. The third-order valence-corrected chi connectivity index (χ3v) is 6.92. The number of pyridine rings is 2. The van der Waals surface area contributed by atoms with Gasteiger partial charge in [0.2, 0.25) is 5.95 Å². The Morgan fingerprint density at radius 3 is 2.79 bits per heavy atom. The van der Waals surface area contributed by atoms with Gasteiger partial charge in [0.15, 0.2) is 5.65 Å². The second kappa shape index (κ2) is 9.25. The van der Waals surface area contributed by atoms with Crippen LogP contribution in [0.4, 0.5) is 11.6 Å². The van der Waals surface area contributed by atoms with Crippen molar-refractivity contribution in [2.75, 3.05) is 30.4 Å². The molecule has 0 aliphatic carbocycles. The summed E-state index contributed by atoms with van der Waals surface area (Å²) in [6.07, 6.45) is 4.90. The average Bonchev–Trinajstić information content (AvgIpc) is 3.48. The Labute approximate surface area is 222 Å². The first kappa shape index (κ1) is 22.9. The number of hydrogen-bond acceptors (Lipinski definition) is 8. The van der Waals surface area contributed by atoms with Gasteiger partial charge in [-0.2, -0.15) is 10.1 Å². The maximum absolute atomic E-state index is 13.7. The molecular formula is C29H24N8O2. The molecule has 2 N–H and O–H groups in total. The fourth-order valence-corrected chi connectivity index (χ4v) is 5.04. The molecule has 0 saturated heterocycles. The van der Waals surface area contributed by atoms with E-state index in [2.05, 4.69) is 30.4 Å². The van der Waals surface area contributed by atoms with Crippen LogP contribution in [0.25, 0.3) is 38.9 Å². The second-order valence-electron chi connectivity index (χ2n) is 9.45. The van der Waals surface area contributed by atoms with Crippen LogP contribution in [-0.4, -0.2) is 56.0 Å². The molecule has 0 spiro atoms. The van der Waals surface area contributed by atoms with Crippen molar-refractivity contribution >= 4 is 33.6 Å². The van der Waals surface area contributed by atoms with Crippen molar-refractivity contribution in [3.05, 3.63) is 95.7 Å².